The minimum atomic E-state index is -1.49. The summed E-state index contributed by atoms with van der Waals surface area (Å²) in [4.78, 5) is 10.5. The van der Waals surface area contributed by atoms with Gasteiger partial charge in [0.1, 0.15) is 17.7 Å². The lowest BCUT2D eigenvalue weighted by Gasteiger charge is -2.18. The first-order valence-electron chi connectivity index (χ1n) is 4.88. The van der Waals surface area contributed by atoms with Gasteiger partial charge in [-0.25, -0.2) is 8.78 Å². The predicted octanol–water partition coefficient (Wildman–Crippen LogP) is 1.96. The van der Waals surface area contributed by atoms with Gasteiger partial charge in [-0.2, -0.15) is 0 Å². The third-order valence-electron chi connectivity index (χ3n) is 2.36. The molecule has 94 valence electrons. The van der Waals surface area contributed by atoms with Gasteiger partial charge in [-0.05, 0) is 12.5 Å². The van der Waals surface area contributed by atoms with Crippen LogP contribution in [-0.4, -0.2) is 27.9 Å². The summed E-state index contributed by atoms with van der Waals surface area (Å²) in [6, 6.07) is 1.89. The molecule has 0 saturated heterocycles. The zero-order valence-corrected chi connectivity index (χ0v) is 10.3. The molecule has 0 spiro atoms. The Kier molecular flexibility index (Phi) is 5.17. The van der Waals surface area contributed by atoms with Gasteiger partial charge in [-0.1, -0.05) is 22.0 Å². The smallest absolute Gasteiger partial charge is 0.155 e. The standard InChI is InChI=1S/C11H11BrF2O3/c12-4-3-9(16)11(17)6-1-2-8(13)7(5-15)10(6)14/h1-2,5,9,11,16-17H,3-4H2. The summed E-state index contributed by atoms with van der Waals surface area (Å²) in [6.45, 7) is 0. The Morgan fingerprint density at radius 3 is 2.53 bits per heavy atom. The van der Waals surface area contributed by atoms with Crippen LogP contribution in [0.5, 0.6) is 0 Å². The van der Waals surface area contributed by atoms with E-state index < -0.39 is 29.4 Å². The quantitative estimate of drug-likeness (QED) is 0.646. The topological polar surface area (TPSA) is 57.5 Å². The molecule has 0 fully saturated rings. The average molecular weight is 309 g/mol. The third kappa shape index (κ3) is 3.08. The molecule has 1 aromatic carbocycles. The van der Waals surface area contributed by atoms with Gasteiger partial charge < -0.3 is 10.2 Å². The second-order valence-electron chi connectivity index (χ2n) is 3.47. The van der Waals surface area contributed by atoms with Crippen LogP contribution in [0.2, 0.25) is 0 Å². The molecule has 3 nitrogen and oxygen atoms in total. The molecule has 0 radical (unpaired) electrons. The van der Waals surface area contributed by atoms with Crippen molar-refractivity contribution in [1.82, 2.24) is 0 Å². The number of benzene rings is 1. The SMILES string of the molecule is O=Cc1c(F)ccc(C(O)C(O)CCBr)c1F. The number of alkyl halides is 1. The number of rotatable bonds is 5. The Morgan fingerprint density at radius 1 is 1.35 bits per heavy atom. The van der Waals surface area contributed by atoms with E-state index in [9.17, 15) is 23.8 Å². The molecule has 2 atom stereocenters. The van der Waals surface area contributed by atoms with E-state index in [0.29, 0.717) is 5.33 Å². The fourth-order valence-electron chi connectivity index (χ4n) is 1.40. The number of halogens is 3. The minimum absolute atomic E-state index is 0.0394. The lowest BCUT2D eigenvalue weighted by Crippen LogP contribution is -2.20. The van der Waals surface area contributed by atoms with E-state index in [-0.39, 0.29) is 18.3 Å². The van der Waals surface area contributed by atoms with Crippen molar-refractivity contribution in [3.05, 3.63) is 34.9 Å². The summed E-state index contributed by atoms with van der Waals surface area (Å²) < 4.78 is 26.7. The van der Waals surface area contributed by atoms with Crippen LogP contribution >= 0.6 is 15.9 Å². The van der Waals surface area contributed by atoms with Crippen LogP contribution < -0.4 is 0 Å². The molecule has 0 aliphatic heterocycles. The molecular formula is C11H11BrF2O3. The molecular weight excluding hydrogens is 298 g/mol. The van der Waals surface area contributed by atoms with Crippen molar-refractivity contribution >= 4 is 22.2 Å². The van der Waals surface area contributed by atoms with Crippen LogP contribution in [-0.2, 0) is 0 Å². The Bertz CT molecular complexity index is 412. The number of aliphatic hydroxyl groups excluding tert-OH is 2. The van der Waals surface area contributed by atoms with Crippen molar-refractivity contribution < 1.29 is 23.8 Å². The van der Waals surface area contributed by atoms with Crippen LogP contribution in [0.4, 0.5) is 8.78 Å². The van der Waals surface area contributed by atoms with Gasteiger partial charge in [0.15, 0.2) is 6.29 Å². The maximum Gasteiger partial charge on any atom is 0.155 e. The van der Waals surface area contributed by atoms with Crippen molar-refractivity contribution in [2.45, 2.75) is 18.6 Å². The van der Waals surface area contributed by atoms with Gasteiger partial charge in [-0.15, -0.1) is 0 Å². The van der Waals surface area contributed by atoms with Crippen LogP contribution in [0.1, 0.15) is 28.4 Å². The maximum atomic E-state index is 13.6. The molecule has 0 saturated carbocycles. The first-order valence-corrected chi connectivity index (χ1v) is 6.00. The zero-order valence-electron chi connectivity index (χ0n) is 8.74. The molecule has 0 amide bonds. The molecule has 6 heteroatoms. The summed E-state index contributed by atoms with van der Waals surface area (Å²) in [5, 5.41) is 19.6. The number of hydrogen-bond donors (Lipinski definition) is 2. The van der Waals surface area contributed by atoms with Crippen LogP contribution in [0, 0.1) is 11.6 Å². The average Bonchev–Trinajstić information content (AvgIpc) is 2.29. The Hall–Kier alpha value is -0.850. The van der Waals surface area contributed by atoms with Crippen molar-refractivity contribution in [2.24, 2.45) is 0 Å². The van der Waals surface area contributed by atoms with Gasteiger partial charge in [-0.3, -0.25) is 4.79 Å². The molecule has 0 aliphatic carbocycles. The predicted molar refractivity (Wildman–Crippen MR) is 61.1 cm³/mol. The molecule has 17 heavy (non-hydrogen) atoms. The highest BCUT2D eigenvalue weighted by atomic mass is 79.9. The lowest BCUT2D eigenvalue weighted by atomic mass is 9.99. The summed E-state index contributed by atoms with van der Waals surface area (Å²) >= 11 is 3.07. The summed E-state index contributed by atoms with van der Waals surface area (Å²) in [7, 11) is 0. The minimum Gasteiger partial charge on any atom is -0.390 e. The maximum absolute atomic E-state index is 13.6. The van der Waals surface area contributed by atoms with Crippen molar-refractivity contribution in [3.8, 4) is 0 Å². The lowest BCUT2D eigenvalue weighted by molar-refractivity contribution is 0.0151. The Morgan fingerprint density at radius 2 is 2.00 bits per heavy atom. The molecule has 0 aromatic heterocycles. The fourth-order valence-corrected chi connectivity index (χ4v) is 1.87. The highest BCUT2D eigenvalue weighted by Crippen LogP contribution is 2.25. The monoisotopic (exact) mass is 308 g/mol. The molecule has 0 aliphatic rings. The number of carbonyl (C=O) groups is 1. The number of carbonyl (C=O) groups excluding carboxylic acids is 1. The normalized spacial score (nSPS) is 14.4. The molecule has 0 heterocycles. The zero-order chi connectivity index (χ0) is 13.0. The first kappa shape index (κ1) is 14.2. The highest BCUT2D eigenvalue weighted by Gasteiger charge is 2.23. The van der Waals surface area contributed by atoms with Crippen LogP contribution in [0.15, 0.2) is 12.1 Å². The van der Waals surface area contributed by atoms with Gasteiger partial charge in [0, 0.05) is 10.9 Å². The van der Waals surface area contributed by atoms with Crippen molar-refractivity contribution in [1.29, 1.82) is 0 Å². The Labute approximate surface area is 105 Å². The van der Waals surface area contributed by atoms with Crippen LogP contribution in [0.25, 0.3) is 0 Å². The molecule has 2 N–H and O–H groups in total. The number of aliphatic hydroxyl groups is 2. The second-order valence-corrected chi connectivity index (χ2v) is 4.26. The van der Waals surface area contributed by atoms with Gasteiger partial charge >= 0.3 is 0 Å². The molecule has 1 aromatic rings. The van der Waals surface area contributed by atoms with Crippen molar-refractivity contribution in [3.63, 3.8) is 0 Å². The van der Waals surface area contributed by atoms with Gasteiger partial charge in [0.25, 0.3) is 0 Å². The number of hydrogen-bond acceptors (Lipinski definition) is 3. The highest BCUT2D eigenvalue weighted by molar-refractivity contribution is 9.09. The van der Waals surface area contributed by atoms with Gasteiger partial charge in [0.05, 0.1) is 11.7 Å². The van der Waals surface area contributed by atoms with E-state index >= 15 is 0 Å². The summed E-state index contributed by atoms with van der Waals surface area (Å²) in [5.41, 5.74) is -1.03. The summed E-state index contributed by atoms with van der Waals surface area (Å²) in [6.07, 6.45) is -2.44. The number of aldehydes is 1. The van der Waals surface area contributed by atoms with Gasteiger partial charge in [0.2, 0.25) is 0 Å². The molecule has 0 bridgehead atoms. The fraction of sp³-hybridized carbons (Fsp3) is 0.364. The largest absolute Gasteiger partial charge is 0.390 e. The molecule has 1 rings (SSSR count). The molecule has 2 unspecified atom stereocenters. The third-order valence-corrected chi connectivity index (χ3v) is 2.82. The van der Waals surface area contributed by atoms with E-state index in [1.165, 1.54) is 0 Å². The van der Waals surface area contributed by atoms with Crippen molar-refractivity contribution in [2.75, 3.05) is 5.33 Å². The van der Waals surface area contributed by atoms with E-state index in [2.05, 4.69) is 15.9 Å². The van der Waals surface area contributed by atoms with Crippen LogP contribution in [0.3, 0.4) is 0 Å². The first-order chi connectivity index (χ1) is 8.02. The van der Waals surface area contributed by atoms with E-state index in [1.807, 2.05) is 0 Å². The van der Waals surface area contributed by atoms with E-state index in [4.69, 9.17) is 0 Å². The Balaban J connectivity index is 3.10. The summed E-state index contributed by atoms with van der Waals surface area (Å²) in [5.74, 6) is -2.13. The second kappa shape index (κ2) is 6.18. The van der Waals surface area contributed by atoms with E-state index in [1.54, 1.807) is 0 Å². The van der Waals surface area contributed by atoms with E-state index in [0.717, 1.165) is 12.1 Å².